The van der Waals surface area contributed by atoms with E-state index in [-0.39, 0.29) is 17.5 Å². The fraction of sp³-hybridized carbons (Fsp3) is 0.227. The number of aromatic amines is 1. The Hall–Kier alpha value is -3.81. The van der Waals surface area contributed by atoms with Gasteiger partial charge in [0.25, 0.3) is 11.5 Å². The first-order valence-electron chi connectivity index (χ1n) is 9.93. The molecule has 4 heterocycles. The number of para-hydroxylation sites is 1. The van der Waals surface area contributed by atoms with Gasteiger partial charge < -0.3 is 4.90 Å². The van der Waals surface area contributed by atoms with Crippen LogP contribution in [-0.4, -0.2) is 48.4 Å². The fourth-order valence-electron chi connectivity index (χ4n) is 4.01. The highest BCUT2D eigenvalue weighted by Gasteiger charge is 2.32. The summed E-state index contributed by atoms with van der Waals surface area (Å²) in [6.07, 6.45) is 5.09. The summed E-state index contributed by atoms with van der Waals surface area (Å²) in [5.41, 5.74) is 2.66. The number of amides is 1. The predicted octanol–water partition coefficient (Wildman–Crippen LogP) is 2.49. The number of nitrogens with zero attached hydrogens (tertiary/aromatic N) is 5. The number of fused-ring (bicyclic) bond motifs is 1. The lowest BCUT2D eigenvalue weighted by molar-refractivity contribution is 0.0716. The summed E-state index contributed by atoms with van der Waals surface area (Å²) in [5, 5.41) is 12.5. The van der Waals surface area contributed by atoms with Crippen molar-refractivity contribution in [1.29, 1.82) is 0 Å². The molecule has 8 nitrogen and oxygen atoms in total. The summed E-state index contributed by atoms with van der Waals surface area (Å²) in [7, 11) is 0. The third-order valence-electron chi connectivity index (χ3n) is 5.54. The van der Waals surface area contributed by atoms with Gasteiger partial charge in [-0.1, -0.05) is 18.2 Å². The van der Waals surface area contributed by atoms with E-state index in [2.05, 4.69) is 20.3 Å². The zero-order valence-electron chi connectivity index (χ0n) is 16.2. The Balaban J connectivity index is 1.42. The number of rotatable bonds is 4. The molecule has 8 heteroatoms. The van der Waals surface area contributed by atoms with E-state index in [4.69, 9.17) is 0 Å². The average Bonchev–Trinajstić information content (AvgIpc) is 3.42. The summed E-state index contributed by atoms with van der Waals surface area (Å²) in [6, 6.07) is 14.4. The van der Waals surface area contributed by atoms with Gasteiger partial charge in [0, 0.05) is 36.0 Å². The van der Waals surface area contributed by atoms with E-state index in [1.54, 1.807) is 18.5 Å². The highest BCUT2D eigenvalue weighted by atomic mass is 16.2. The second kappa shape index (κ2) is 7.55. The molecule has 1 aliphatic heterocycles. The monoisotopic (exact) mass is 400 g/mol. The average molecular weight is 400 g/mol. The SMILES string of the molecule is O=C(c1n[nH]c2ccccc12)N1CCCC1Cn1nc(-c2ccncc2)ccc1=O. The zero-order chi connectivity index (χ0) is 20.5. The summed E-state index contributed by atoms with van der Waals surface area (Å²) in [4.78, 5) is 31.5. The molecule has 5 rings (SSSR count). The third-order valence-corrected chi connectivity index (χ3v) is 5.54. The molecular formula is C22H20N6O2. The number of hydrogen-bond donors (Lipinski definition) is 1. The molecule has 1 saturated heterocycles. The minimum atomic E-state index is -0.183. The number of aromatic nitrogens is 5. The van der Waals surface area contributed by atoms with E-state index >= 15 is 0 Å². The minimum Gasteiger partial charge on any atom is -0.332 e. The van der Waals surface area contributed by atoms with Crippen LogP contribution >= 0.6 is 0 Å². The predicted molar refractivity (Wildman–Crippen MR) is 112 cm³/mol. The molecule has 0 saturated carbocycles. The maximum atomic E-state index is 13.2. The molecule has 1 fully saturated rings. The van der Waals surface area contributed by atoms with Crippen molar-refractivity contribution in [2.45, 2.75) is 25.4 Å². The zero-order valence-corrected chi connectivity index (χ0v) is 16.2. The molecule has 150 valence electrons. The van der Waals surface area contributed by atoms with Gasteiger partial charge in [-0.15, -0.1) is 0 Å². The van der Waals surface area contributed by atoms with Gasteiger partial charge in [-0.25, -0.2) is 4.68 Å². The lowest BCUT2D eigenvalue weighted by atomic mass is 10.1. The van der Waals surface area contributed by atoms with Gasteiger partial charge >= 0.3 is 0 Å². The van der Waals surface area contributed by atoms with Crippen molar-refractivity contribution in [3.63, 3.8) is 0 Å². The quantitative estimate of drug-likeness (QED) is 0.568. The first kappa shape index (κ1) is 18.2. The van der Waals surface area contributed by atoms with Crippen molar-refractivity contribution in [2.75, 3.05) is 6.54 Å². The second-order valence-electron chi connectivity index (χ2n) is 7.39. The molecule has 30 heavy (non-hydrogen) atoms. The molecular weight excluding hydrogens is 380 g/mol. The molecule has 1 atom stereocenters. The number of likely N-dealkylation sites (tertiary alicyclic amines) is 1. The number of nitrogens with one attached hydrogen (secondary N) is 1. The van der Waals surface area contributed by atoms with Gasteiger partial charge in [-0.3, -0.25) is 19.7 Å². The van der Waals surface area contributed by atoms with Crippen molar-refractivity contribution in [3.05, 3.63) is 77.0 Å². The van der Waals surface area contributed by atoms with Crippen LogP contribution in [0.15, 0.2) is 65.7 Å². The summed E-state index contributed by atoms with van der Waals surface area (Å²) in [6.45, 7) is 0.995. The molecule has 1 unspecified atom stereocenters. The van der Waals surface area contributed by atoms with Gasteiger partial charge in [0.2, 0.25) is 0 Å². The van der Waals surface area contributed by atoms with Crippen LogP contribution < -0.4 is 5.56 Å². The summed E-state index contributed by atoms with van der Waals surface area (Å²) >= 11 is 0. The summed E-state index contributed by atoms with van der Waals surface area (Å²) < 4.78 is 1.45. The van der Waals surface area contributed by atoms with E-state index in [0.717, 1.165) is 29.3 Å². The molecule has 0 radical (unpaired) electrons. The molecule has 1 aromatic carbocycles. The Kier molecular flexibility index (Phi) is 4.59. The molecule has 3 aromatic heterocycles. The van der Waals surface area contributed by atoms with Crippen LogP contribution in [0, 0.1) is 0 Å². The number of benzene rings is 1. The lowest BCUT2D eigenvalue weighted by Crippen LogP contribution is -2.40. The number of pyridine rings is 1. The largest absolute Gasteiger partial charge is 0.332 e. The van der Waals surface area contributed by atoms with E-state index in [0.29, 0.717) is 24.5 Å². The van der Waals surface area contributed by atoms with Gasteiger partial charge in [-0.2, -0.15) is 10.2 Å². The highest BCUT2D eigenvalue weighted by Crippen LogP contribution is 2.24. The molecule has 1 amide bonds. The summed E-state index contributed by atoms with van der Waals surface area (Å²) in [5.74, 6) is -0.117. The normalized spacial score (nSPS) is 16.3. The van der Waals surface area contributed by atoms with Crippen molar-refractivity contribution in [1.82, 2.24) is 29.9 Å². The minimum absolute atomic E-state index is 0.106. The Labute approximate surface area is 172 Å². The van der Waals surface area contributed by atoms with Crippen LogP contribution in [0.4, 0.5) is 0 Å². The van der Waals surface area contributed by atoms with Gasteiger partial charge in [-0.05, 0) is 37.1 Å². The van der Waals surface area contributed by atoms with Crippen LogP contribution in [-0.2, 0) is 6.54 Å². The van der Waals surface area contributed by atoms with Gasteiger partial charge in [0.05, 0.1) is 23.8 Å². The maximum Gasteiger partial charge on any atom is 0.275 e. The molecule has 0 aliphatic carbocycles. The number of carbonyl (C=O) groups is 1. The van der Waals surface area contributed by atoms with E-state index in [9.17, 15) is 9.59 Å². The van der Waals surface area contributed by atoms with E-state index < -0.39 is 0 Å². The lowest BCUT2D eigenvalue weighted by Gasteiger charge is -2.24. The fourth-order valence-corrected chi connectivity index (χ4v) is 4.01. The Morgan fingerprint density at radius 2 is 1.93 bits per heavy atom. The number of H-pyrrole nitrogens is 1. The smallest absolute Gasteiger partial charge is 0.275 e. The molecule has 4 aromatic rings. The Bertz CT molecular complexity index is 1260. The van der Waals surface area contributed by atoms with Crippen molar-refractivity contribution in [3.8, 4) is 11.3 Å². The van der Waals surface area contributed by atoms with Crippen molar-refractivity contribution in [2.24, 2.45) is 0 Å². The van der Waals surface area contributed by atoms with Crippen LogP contribution in [0.5, 0.6) is 0 Å². The standard InChI is InChI=1S/C22H20N6O2/c29-20-8-7-18(15-9-11-23-12-10-15)26-28(20)14-16-4-3-13-27(16)22(30)21-17-5-1-2-6-19(17)24-25-21/h1-2,5-12,16H,3-4,13-14H2,(H,24,25). The highest BCUT2D eigenvalue weighted by molar-refractivity contribution is 6.04. The number of hydrogen-bond acceptors (Lipinski definition) is 5. The van der Waals surface area contributed by atoms with E-state index in [1.165, 1.54) is 10.7 Å². The second-order valence-corrected chi connectivity index (χ2v) is 7.39. The maximum absolute atomic E-state index is 13.2. The Morgan fingerprint density at radius 1 is 1.10 bits per heavy atom. The van der Waals surface area contributed by atoms with Crippen molar-refractivity contribution < 1.29 is 4.79 Å². The van der Waals surface area contributed by atoms with Gasteiger partial charge in [0.1, 0.15) is 0 Å². The first-order chi connectivity index (χ1) is 14.7. The number of carbonyl (C=O) groups excluding carboxylic acids is 1. The third kappa shape index (κ3) is 3.26. The van der Waals surface area contributed by atoms with Crippen LogP contribution in [0.1, 0.15) is 23.3 Å². The molecule has 1 aliphatic rings. The first-order valence-corrected chi connectivity index (χ1v) is 9.93. The van der Waals surface area contributed by atoms with Crippen LogP contribution in [0.2, 0.25) is 0 Å². The molecule has 1 N–H and O–H groups in total. The van der Waals surface area contributed by atoms with Gasteiger partial charge in [0.15, 0.2) is 5.69 Å². The van der Waals surface area contributed by atoms with E-state index in [1.807, 2.05) is 41.3 Å². The molecule has 0 bridgehead atoms. The topological polar surface area (TPSA) is 96.8 Å². The Morgan fingerprint density at radius 3 is 2.80 bits per heavy atom. The van der Waals surface area contributed by atoms with Crippen molar-refractivity contribution >= 4 is 16.8 Å². The molecule has 0 spiro atoms. The van der Waals surface area contributed by atoms with Crippen LogP contribution in [0.25, 0.3) is 22.2 Å². The van der Waals surface area contributed by atoms with Crippen LogP contribution in [0.3, 0.4) is 0 Å².